The van der Waals surface area contributed by atoms with Gasteiger partial charge in [0.05, 0.1) is 12.2 Å². The highest BCUT2D eigenvalue weighted by atomic mass is 19.4. The molecule has 2 aliphatic rings. The van der Waals surface area contributed by atoms with Crippen molar-refractivity contribution in [1.82, 2.24) is 15.0 Å². The lowest BCUT2D eigenvalue weighted by Gasteiger charge is -2.23. The highest BCUT2D eigenvalue weighted by molar-refractivity contribution is 5.89. The van der Waals surface area contributed by atoms with E-state index < -0.39 is 29.5 Å². The minimum atomic E-state index is -4.68. The zero-order valence-electron chi connectivity index (χ0n) is 24.6. The van der Waals surface area contributed by atoms with E-state index in [1.807, 2.05) is 18.2 Å². The molecule has 2 aliphatic heterocycles. The van der Waals surface area contributed by atoms with Gasteiger partial charge in [-0.2, -0.15) is 18.2 Å². The first kappa shape index (κ1) is 31.0. The maximum atomic E-state index is 14.0. The molecule has 0 saturated carbocycles. The molecule has 2 aromatic carbocycles. The van der Waals surface area contributed by atoms with E-state index in [0.717, 1.165) is 11.6 Å². The third kappa shape index (κ3) is 7.53. The van der Waals surface area contributed by atoms with Crippen molar-refractivity contribution < 1.29 is 41.4 Å². The lowest BCUT2D eigenvalue weighted by Crippen LogP contribution is -2.38. The normalized spacial score (nSPS) is 17.1. The number of amides is 1. The van der Waals surface area contributed by atoms with Crippen molar-refractivity contribution >= 4 is 12.1 Å². The van der Waals surface area contributed by atoms with E-state index in [2.05, 4.69) is 15.1 Å². The smallest absolute Gasteiger partial charge is 0.437 e. The molecule has 44 heavy (non-hydrogen) atoms. The van der Waals surface area contributed by atoms with Crippen molar-refractivity contribution in [2.75, 3.05) is 26.4 Å². The molecule has 14 heteroatoms. The number of nitrogens with zero attached hydrogens (tertiary/aromatic N) is 4. The number of likely N-dealkylation sites (tertiary alicyclic amines) is 1. The summed E-state index contributed by atoms with van der Waals surface area (Å²) in [5, 5.41) is 3.91. The van der Waals surface area contributed by atoms with Gasteiger partial charge in [0.1, 0.15) is 30.6 Å². The molecule has 0 radical (unpaired) electrons. The molecule has 1 amide bonds. The van der Waals surface area contributed by atoms with Crippen LogP contribution in [0.1, 0.15) is 63.1 Å². The van der Waals surface area contributed by atoms with E-state index in [1.165, 1.54) is 12.1 Å². The minimum Gasteiger partial charge on any atom is -0.493 e. The fourth-order valence-corrected chi connectivity index (χ4v) is 4.95. The third-order valence-corrected chi connectivity index (χ3v) is 6.89. The second kappa shape index (κ2) is 12.6. The van der Waals surface area contributed by atoms with Crippen LogP contribution in [0.25, 0.3) is 11.4 Å². The van der Waals surface area contributed by atoms with E-state index in [9.17, 15) is 18.0 Å². The van der Waals surface area contributed by atoms with Gasteiger partial charge in [-0.3, -0.25) is 0 Å². The summed E-state index contributed by atoms with van der Waals surface area (Å²) in [5.74, 6) is 1.10. The molecular weight excluding hydrogens is 583 g/mol. The monoisotopic (exact) mass is 617 g/mol. The van der Waals surface area contributed by atoms with E-state index in [-0.39, 0.29) is 35.6 Å². The molecule has 1 unspecified atom stereocenters. The Balaban J connectivity index is 1.25. The Morgan fingerprint density at radius 2 is 1.89 bits per heavy atom. The molecule has 1 saturated heterocycles. The fraction of sp³-hybridized carbons (Fsp3) is 0.467. The van der Waals surface area contributed by atoms with Crippen LogP contribution in [0, 0.1) is 0 Å². The quantitative estimate of drug-likeness (QED) is 0.193. The van der Waals surface area contributed by atoms with E-state index in [4.69, 9.17) is 29.2 Å². The summed E-state index contributed by atoms with van der Waals surface area (Å²) < 4.78 is 69.4. The van der Waals surface area contributed by atoms with Crippen LogP contribution in [0.3, 0.4) is 0 Å². The van der Waals surface area contributed by atoms with E-state index in [0.29, 0.717) is 56.9 Å². The fourth-order valence-electron chi connectivity index (χ4n) is 4.95. The summed E-state index contributed by atoms with van der Waals surface area (Å²) in [5.41, 5.74) is 5.46. The Kier molecular flexibility index (Phi) is 8.88. The first-order valence-electron chi connectivity index (χ1n) is 14.3. The Morgan fingerprint density at radius 3 is 2.64 bits per heavy atom. The molecule has 0 aliphatic carbocycles. The lowest BCUT2D eigenvalue weighted by atomic mass is 10.1. The molecule has 0 bridgehead atoms. The van der Waals surface area contributed by atoms with Gasteiger partial charge in [-0.25, -0.2) is 4.79 Å². The van der Waals surface area contributed by atoms with Crippen molar-refractivity contribution in [3.63, 3.8) is 0 Å². The summed E-state index contributed by atoms with van der Waals surface area (Å²) in [6.45, 7) is 6.64. The SMILES string of the molecule is CC(C)(C)OC(=O)/N=C(\N)N1CCCC1c1nc(-c2ccc(OCCCc3ccc4c(c3)OCCO4)c(C(F)(F)F)c2)no1. The number of alkyl halides is 3. The van der Waals surface area contributed by atoms with Crippen LogP contribution >= 0.6 is 0 Å². The van der Waals surface area contributed by atoms with Gasteiger partial charge in [-0.05, 0) is 82.3 Å². The van der Waals surface area contributed by atoms with Gasteiger partial charge in [0, 0.05) is 12.1 Å². The number of rotatable bonds is 7. The number of carbonyl (C=O) groups is 1. The number of hydrogen-bond donors (Lipinski definition) is 1. The summed E-state index contributed by atoms with van der Waals surface area (Å²) >= 11 is 0. The van der Waals surface area contributed by atoms with Crippen LogP contribution in [0.4, 0.5) is 18.0 Å². The highest BCUT2D eigenvalue weighted by Crippen LogP contribution is 2.39. The van der Waals surface area contributed by atoms with E-state index in [1.54, 1.807) is 25.7 Å². The lowest BCUT2D eigenvalue weighted by molar-refractivity contribution is -0.138. The minimum absolute atomic E-state index is 0.0230. The van der Waals surface area contributed by atoms with Crippen LogP contribution < -0.4 is 19.9 Å². The summed E-state index contributed by atoms with van der Waals surface area (Å²) in [6.07, 6.45) is -3.16. The van der Waals surface area contributed by atoms with Crippen LogP contribution in [-0.4, -0.2) is 59.1 Å². The second-order valence-electron chi connectivity index (χ2n) is 11.4. The van der Waals surface area contributed by atoms with E-state index >= 15 is 0 Å². The third-order valence-electron chi connectivity index (χ3n) is 6.89. The molecule has 3 heterocycles. The van der Waals surface area contributed by atoms with Gasteiger partial charge in [0.15, 0.2) is 11.5 Å². The number of fused-ring (bicyclic) bond motifs is 1. The topological polar surface area (TPSA) is 135 Å². The summed E-state index contributed by atoms with van der Waals surface area (Å²) in [4.78, 5) is 21.9. The number of halogens is 3. The molecule has 2 N–H and O–H groups in total. The van der Waals surface area contributed by atoms with Gasteiger partial charge in [-0.15, -0.1) is 4.99 Å². The van der Waals surface area contributed by atoms with Crippen molar-refractivity contribution in [2.24, 2.45) is 10.7 Å². The molecule has 236 valence electrons. The number of ether oxygens (including phenoxy) is 4. The number of nitrogens with two attached hydrogens (primary N) is 1. The first-order valence-corrected chi connectivity index (χ1v) is 14.3. The predicted octanol–water partition coefficient (Wildman–Crippen LogP) is 5.92. The van der Waals surface area contributed by atoms with Gasteiger partial charge in [0.2, 0.25) is 17.7 Å². The van der Waals surface area contributed by atoms with Crippen molar-refractivity contribution in [3.8, 4) is 28.6 Å². The average Bonchev–Trinajstić information content (AvgIpc) is 3.64. The number of hydrogen-bond acceptors (Lipinski definition) is 8. The maximum Gasteiger partial charge on any atom is 0.437 e. The molecule has 5 rings (SSSR count). The zero-order chi connectivity index (χ0) is 31.5. The molecular formula is C30H34F3N5O6. The number of benzene rings is 2. The molecule has 1 aromatic heterocycles. The molecule has 11 nitrogen and oxygen atoms in total. The Hall–Kier alpha value is -4.49. The summed E-state index contributed by atoms with van der Waals surface area (Å²) in [7, 11) is 0. The zero-order valence-corrected chi connectivity index (χ0v) is 24.6. The van der Waals surface area contributed by atoms with Crippen LogP contribution in [-0.2, 0) is 17.3 Å². The van der Waals surface area contributed by atoms with Crippen molar-refractivity contribution in [1.29, 1.82) is 0 Å². The van der Waals surface area contributed by atoms with Crippen molar-refractivity contribution in [2.45, 2.75) is 64.3 Å². The molecule has 0 spiro atoms. The van der Waals surface area contributed by atoms with Crippen LogP contribution in [0.15, 0.2) is 45.9 Å². The summed E-state index contributed by atoms with van der Waals surface area (Å²) in [6, 6.07) is 8.74. The maximum absolute atomic E-state index is 14.0. The van der Waals surface area contributed by atoms with Gasteiger partial charge >= 0.3 is 12.3 Å². The van der Waals surface area contributed by atoms with Gasteiger partial charge in [0.25, 0.3) is 0 Å². The Morgan fingerprint density at radius 1 is 1.11 bits per heavy atom. The Labute approximate surface area is 252 Å². The van der Waals surface area contributed by atoms with Crippen molar-refractivity contribution in [3.05, 3.63) is 53.4 Å². The first-order chi connectivity index (χ1) is 20.9. The van der Waals surface area contributed by atoms with Gasteiger partial charge < -0.3 is 34.1 Å². The Bertz CT molecular complexity index is 1520. The number of carbonyl (C=O) groups excluding carboxylic acids is 1. The average molecular weight is 618 g/mol. The number of guanidine groups is 1. The van der Waals surface area contributed by atoms with Crippen LogP contribution in [0.5, 0.6) is 17.2 Å². The number of aryl methyl sites for hydroxylation is 1. The second-order valence-corrected chi connectivity index (χ2v) is 11.4. The number of aromatic nitrogens is 2. The van der Waals surface area contributed by atoms with Gasteiger partial charge in [-0.1, -0.05) is 11.2 Å². The standard InChI is InChI=1S/C30H34F3N5O6/c1-29(2,3)43-28(39)36-27(34)38-12-4-7-21(38)26-35-25(37-44-26)19-9-11-22(20(17-19)30(31,32)33)40-13-5-6-18-8-10-23-24(16-18)42-15-14-41-23/h8-11,16-17,21H,4-7,12-15H2,1-3H3,(H2,34,36,39). The largest absolute Gasteiger partial charge is 0.493 e. The predicted molar refractivity (Wildman–Crippen MR) is 153 cm³/mol. The molecule has 1 atom stereocenters. The molecule has 1 fully saturated rings. The molecule has 3 aromatic rings. The highest BCUT2D eigenvalue weighted by Gasteiger charge is 2.36. The number of aliphatic imine (C=N–C) groups is 1. The van der Waals surface area contributed by atoms with Crippen LogP contribution in [0.2, 0.25) is 0 Å².